The number of fused-ring (bicyclic) bond motifs is 3. The van der Waals surface area contributed by atoms with E-state index in [1.165, 1.54) is 11.3 Å². The summed E-state index contributed by atoms with van der Waals surface area (Å²) >= 11 is 0. The predicted octanol–water partition coefficient (Wildman–Crippen LogP) is 3.10. The molecule has 1 fully saturated rings. The third-order valence-electron chi connectivity index (χ3n) is 6.12. The van der Waals surface area contributed by atoms with Gasteiger partial charge >= 0.3 is 0 Å². The molecule has 0 aliphatic carbocycles. The molecule has 2 unspecified atom stereocenters. The first kappa shape index (κ1) is 20.4. The standard InChI is InChI=1S/C24H31N3O3/c1-16(2)25-24(28)19-13-17-9-10-18(29-3)14-21(17)27-12-11-26(15-22(19)27)20-7-5-6-8-23(20)30-4/h5-10,14,16,19,22H,11-13,15H2,1-4H3,(H,25,28). The van der Waals surface area contributed by atoms with Crippen molar-refractivity contribution in [2.75, 3.05) is 43.7 Å². The van der Waals surface area contributed by atoms with E-state index in [-0.39, 0.29) is 23.9 Å². The Bertz CT molecular complexity index is 914. The third-order valence-corrected chi connectivity index (χ3v) is 6.12. The second-order valence-corrected chi connectivity index (χ2v) is 8.35. The number of anilines is 2. The number of hydrogen-bond acceptors (Lipinski definition) is 5. The Morgan fingerprint density at radius 3 is 2.60 bits per heavy atom. The summed E-state index contributed by atoms with van der Waals surface area (Å²) in [5.74, 6) is 1.74. The maximum absolute atomic E-state index is 13.2. The zero-order chi connectivity index (χ0) is 21.3. The molecule has 0 bridgehead atoms. The first-order valence-corrected chi connectivity index (χ1v) is 10.6. The van der Waals surface area contributed by atoms with Gasteiger partial charge in [-0.1, -0.05) is 18.2 Å². The molecule has 2 aromatic rings. The van der Waals surface area contributed by atoms with Crippen LogP contribution in [0.2, 0.25) is 0 Å². The molecular weight excluding hydrogens is 378 g/mol. The van der Waals surface area contributed by atoms with Crippen LogP contribution in [0.5, 0.6) is 11.5 Å². The highest BCUT2D eigenvalue weighted by molar-refractivity contribution is 5.83. The average Bonchev–Trinajstić information content (AvgIpc) is 2.77. The van der Waals surface area contributed by atoms with Crippen LogP contribution in [0.15, 0.2) is 42.5 Å². The molecule has 0 spiro atoms. The second-order valence-electron chi connectivity index (χ2n) is 8.35. The molecule has 160 valence electrons. The van der Waals surface area contributed by atoms with Gasteiger partial charge in [0.15, 0.2) is 0 Å². The van der Waals surface area contributed by atoms with Crippen LogP contribution < -0.4 is 24.6 Å². The van der Waals surface area contributed by atoms with Crippen LogP contribution in [0, 0.1) is 5.92 Å². The normalized spacial score (nSPS) is 20.4. The minimum Gasteiger partial charge on any atom is -0.497 e. The molecule has 0 aromatic heterocycles. The maximum Gasteiger partial charge on any atom is 0.225 e. The number of rotatable bonds is 5. The Balaban J connectivity index is 1.69. The number of methoxy groups -OCH3 is 2. The van der Waals surface area contributed by atoms with E-state index in [1.54, 1.807) is 14.2 Å². The summed E-state index contributed by atoms with van der Waals surface area (Å²) in [6.07, 6.45) is 0.735. The van der Waals surface area contributed by atoms with Crippen LogP contribution in [-0.2, 0) is 11.2 Å². The number of amides is 1. The fourth-order valence-electron chi connectivity index (χ4n) is 4.71. The number of nitrogens with one attached hydrogen (secondary N) is 1. The summed E-state index contributed by atoms with van der Waals surface area (Å²) in [5.41, 5.74) is 3.48. The molecular formula is C24H31N3O3. The Kier molecular flexibility index (Phi) is 5.75. The van der Waals surface area contributed by atoms with Crippen molar-refractivity contribution in [1.29, 1.82) is 0 Å². The lowest BCUT2D eigenvalue weighted by molar-refractivity contribution is -0.126. The second kappa shape index (κ2) is 8.46. The number of nitrogens with zero attached hydrogens (tertiary/aromatic N) is 2. The largest absolute Gasteiger partial charge is 0.497 e. The van der Waals surface area contributed by atoms with Gasteiger partial charge in [0.05, 0.1) is 31.9 Å². The van der Waals surface area contributed by atoms with Crippen LogP contribution in [0.1, 0.15) is 19.4 Å². The van der Waals surface area contributed by atoms with Crippen LogP contribution >= 0.6 is 0 Å². The highest BCUT2D eigenvalue weighted by atomic mass is 16.5. The van der Waals surface area contributed by atoms with Crippen molar-refractivity contribution < 1.29 is 14.3 Å². The Labute approximate surface area is 178 Å². The number of para-hydroxylation sites is 2. The van der Waals surface area contributed by atoms with Gasteiger partial charge in [-0.3, -0.25) is 4.79 Å². The fraction of sp³-hybridized carbons (Fsp3) is 0.458. The van der Waals surface area contributed by atoms with Gasteiger partial charge in [0.25, 0.3) is 0 Å². The van der Waals surface area contributed by atoms with Gasteiger partial charge in [-0.2, -0.15) is 0 Å². The van der Waals surface area contributed by atoms with E-state index in [4.69, 9.17) is 9.47 Å². The van der Waals surface area contributed by atoms with Gasteiger partial charge in [0, 0.05) is 37.4 Å². The summed E-state index contributed by atoms with van der Waals surface area (Å²) in [6, 6.07) is 14.5. The summed E-state index contributed by atoms with van der Waals surface area (Å²) in [7, 11) is 3.40. The monoisotopic (exact) mass is 409 g/mol. The van der Waals surface area contributed by atoms with Crippen LogP contribution in [0.3, 0.4) is 0 Å². The van der Waals surface area contributed by atoms with Crippen molar-refractivity contribution in [3.8, 4) is 11.5 Å². The van der Waals surface area contributed by atoms with Gasteiger partial charge in [-0.05, 0) is 44.0 Å². The average molecular weight is 410 g/mol. The molecule has 1 amide bonds. The molecule has 30 heavy (non-hydrogen) atoms. The molecule has 4 rings (SSSR count). The first-order valence-electron chi connectivity index (χ1n) is 10.6. The quantitative estimate of drug-likeness (QED) is 0.823. The number of carbonyl (C=O) groups excluding carboxylic acids is 1. The van der Waals surface area contributed by atoms with Gasteiger partial charge in [0.1, 0.15) is 11.5 Å². The maximum atomic E-state index is 13.2. The molecule has 1 saturated heterocycles. The molecule has 1 N–H and O–H groups in total. The smallest absolute Gasteiger partial charge is 0.225 e. The van der Waals surface area contributed by atoms with Crippen molar-refractivity contribution in [3.05, 3.63) is 48.0 Å². The van der Waals surface area contributed by atoms with Crippen molar-refractivity contribution in [2.45, 2.75) is 32.4 Å². The number of carbonyl (C=O) groups is 1. The van der Waals surface area contributed by atoms with Crippen LogP contribution in [0.25, 0.3) is 0 Å². The van der Waals surface area contributed by atoms with E-state index in [0.29, 0.717) is 0 Å². The minimum atomic E-state index is -0.106. The van der Waals surface area contributed by atoms with Gasteiger partial charge < -0.3 is 24.6 Å². The lowest BCUT2D eigenvalue weighted by Gasteiger charge is -2.50. The third kappa shape index (κ3) is 3.78. The van der Waals surface area contributed by atoms with E-state index in [1.807, 2.05) is 38.1 Å². The van der Waals surface area contributed by atoms with Gasteiger partial charge in [-0.15, -0.1) is 0 Å². The molecule has 2 aliphatic heterocycles. The summed E-state index contributed by atoms with van der Waals surface area (Å²) in [5, 5.41) is 3.14. The van der Waals surface area contributed by atoms with Crippen molar-refractivity contribution in [3.63, 3.8) is 0 Å². The van der Waals surface area contributed by atoms with E-state index >= 15 is 0 Å². The number of piperazine rings is 1. The van der Waals surface area contributed by atoms with Crippen molar-refractivity contribution in [1.82, 2.24) is 5.32 Å². The Morgan fingerprint density at radius 2 is 1.87 bits per heavy atom. The Morgan fingerprint density at radius 1 is 1.07 bits per heavy atom. The van der Waals surface area contributed by atoms with E-state index < -0.39 is 0 Å². The van der Waals surface area contributed by atoms with Crippen molar-refractivity contribution in [2.24, 2.45) is 5.92 Å². The molecule has 2 heterocycles. The lowest BCUT2D eigenvalue weighted by atomic mass is 9.83. The molecule has 2 atom stereocenters. The SMILES string of the molecule is COc1ccc2c(c1)N1CCN(c3ccccc3OC)CC1C(C(=O)NC(C)C)C2. The molecule has 0 saturated carbocycles. The molecule has 2 aromatic carbocycles. The highest BCUT2D eigenvalue weighted by Gasteiger charge is 2.42. The molecule has 2 aliphatic rings. The number of hydrogen-bond donors (Lipinski definition) is 1. The van der Waals surface area contributed by atoms with E-state index in [9.17, 15) is 4.79 Å². The van der Waals surface area contributed by atoms with Crippen LogP contribution in [-0.4, -0.2) is 51.8 Å². The first-order chi connectivity index (χ1) is 14.5. The van der Waals surface area contributed by atoms with Crippen molar-refractivity contribution >= 4 is 17.3 Å². The summed E-state index contributed by atoms with van der Waals surface area (Å²) < 4.78 is 11.1. The van der Waals surface area contributed by atoms with Gasteiger partial charge in [-0.25, -0.2) is 0 Å². The summed E-state index contributed by atoms with van der Waals surface area (Å²) in [4.78, 5) is 17.9. The highest BCUT2D eigenvalue weighted by Crippen LogP contribution is 2.40. The van der Waals surface area contributed by atoms with E-state index in [0.717, 1.165) is 43.2 Å². The van der Waals surface area contributed by atoms with E-state index in [2.05, 4.69) is 33.3 Å². The predicted molar refractivity (Wildman–Crippen MR) is 120 cm³/mol. The minimum absolute atomic E-state index is 0.0852. The summed E-state index contributed by atoms with van der Waals surface area (Å²) in [6.45, 7) is 6.51. The lowest BCUT2D eigenvalue weighted by Crippen LogP contribution is -2.61. The fourth-order valence-corrected chi connectivity index (χ4v) is 4.71. The zero-order valence-electron chi connectivity index (χ0n) is 18.2. The van der Waals surface area contributed by atoms with Gasteiger partial charge in [0.2, 0.25) is 5.91 Å². The Hall–Kier alpha value is -2.89. The molecule has 6 heteroatoms. The topological polar surface area (TPSA) is 54.0 Å². The van der Waals surface area contributed by atoms with Crippen LogP contribution in [0.4, 0.5) is 11.4 Å². The molecule has 6 nitrogen and oxygen atoms in total. The molecule has 0 radical (unpaired) electrons. The number of benzene rings is 2. The number of ether oxygens (including phenoxy) is 2. The zero-order valence-corrected chi connectivity index (χ0v) is 18.2.